The minimum atomic E-state index is 0.788. The largest absolute Gasteiger partial charge is 0.399 e. The molecular formula is C9H16N2. The molecule has 0 atom stereocenters. The lowest BCUT2D eigenvalue weighted by atomic mass is 10.4. The molecule has 0 fully saturated rings. The van der Waals surface area contributed by atoms with Crippen molar-refractivity contribution in [3.63, 3.8) is 0 Å². The van der Waals surface area contributed by atoms with Gasteiger partial charge in [-0.15, -0.1) is 0 Å². The van der Waals surface area contributed by atoms with Crippen LogP contribution >= 0.6 is 0 Å². The first-order valence-electron chi connectivity index (χ1n) is 3.83. The van der Waals surface area contributed by atoms with Crippen LogP contribution in [0.2, 0.25) is 0 Å². The van der Waals surface area contributed by atoms with Crippen LogP contribution in [0.1, 0.15) is 13.8 Å². The number of hydrogen-bond donors (Lipinski definition) is 1. The minimum Gasteiger partial charge on any atom is -0.399 e. The average molecular weight is 152 g/mol. The van der Waals surface area contributed by atoms with E-state index in [4.69, 9.17) is 5.73 Å². The third kappa shape index (κ3) is 4.25. The van der Waals surface area contributed by atoms with E-state index in [1.54, 1.807) is 0 Å². The Morgan fingerprint density at radius 2 is 1.91 bits per heavy atom. The van der Waals surface area contributed by atoms with Crippen LogP contribution < -0.4 is 5.73 Å². The predicted octanol–water partition coefficient (Wildman–Crippen LogP) is 1.83. The van der Waals surface area contributed by atoms with Crippen molar-refractivity contribution in [3.8, 4) is 0 Å². The summed E-state index contributed by atoms with van der Waals surface area (Å²) in [5.41, 5.74) is 6.28. The van der Waals surface area contributed by atoms with E-state index in [0.29, 0.717) is 0 Å². The summed E-state index contributed by atoms with van der Waals surface area (Å²) in [5.74, 6) is 0. The van der Waals surface area contributed by atoms with Crippen molar-refractivity contribution in [2.24, 2.45) is 5.73 Å². The number of nitrogens with two attached hydrogens (primary N) is 1. The zero-order valence-corrected chi connectivity index (χ0v) is 7.41. The second kappa shape index (κ2) is 5.59. The third-order valence-electron chi connectivity index (χ3n) is 1.11. The van der Waals surface area contributed by atoms with E-state index in [0.717, 1.165) is 5.70 Å². The second-order valence-corrected chi connectivity index (χ2v) is 1.99. The van der Waals surface area contributed by atoms with Gasteiger partial charge in [0.05, 0.1) is 0 Å². The molecule has 1 aliphatic heterocycles. The second-order valence-electron chi connectivity index (χ2n) is 1.99. The van der Waals surface area contributed by atoms with Crippen molar-refractivity contribution < 1.29 is 0 Å². The maximum Gasteiger partial charge on any atom is 0.0329 e. The van der Waals surface area contributed by atoms with E-state index in [-0.39, 0.29) is 0 Å². The van der Waals surface area contributed by atoms with Crippen molar-refractivity contribution in [1.29, 1.82) is 0 Å². The first-order chi connectivity index (χ1) is 5.29. The van der Waals surface area contributed by atoms with Crippen LogP contribution in [0.15, 0.2) is 36.3 Å². The highest BCUT2D eigenvalue weighted by Crippen LogP contribution is 1.97. The molecule has 62 valence electrons. The van der Waals surface area contributed by atoms with E-state index in [9.17, 15) is 0 Å². The Kier molecular flexibility index (Phi) is 4.99. The van der Waals surface area contributed by atoms with Gasteiger partial charge in [0, 0.05) is 25.1 Å². The molecule has 2 nitrogen and oxygen atoms in total. The number of rotatable bonds is 0. The van der Waals surface area contributed by atoms with Gasteiger partial charge < -0.3 is 10.6 Å². The van der Waals surface area contributed by atoms with Crippen molar-refractivity contribution in [3.05, 3.63) is 36.3 Å². The average Bonchev–Trinajstić information content (AvgIpc) is 2.20. The topological polar surface area (TPSA) is 29.3 Å². The first kappa shape index (κ1) is 9.82. The summed E-state index contributed by atoms with van der Waals surface area (Å²) in [6.07, 6.45) is 9.49. The lowest BCUT2D eigenvalue weighted by Crippen LogP contribution is -1.98. The molecule has 0 spiro atoms. The fourth-order valence-electron chi connectivity index (χ4n) is 0.599. The van der Waals surface area contributed by atoms with Crippen molar-refractivity contribution in [1.82, 2.24) is 4.90 Å². The molecular weight excluding hydrogens is 136 g/mol. The molecule has 0 aromatic rings. The van der Waals surface area contributed by atoms with E-state index in [1.807, 2.05) is 56.4 Å². The van der Waals surface area contributed by atoms with Crippen LogP contribution in [-0.2, 0) is 0 Å². The quantitative estimate of drug-likeness (QED) is 0.573. The fraction of sp³-hybridized carbons (Fsp3) is 0.333. The molecule has 0 bridgehead atoms. The molecule has 0 aromatic carbocycles. The van der Waals surface area contributed by atoms with Crippen molar-refractivity contribution in [2.45, 2.75) is 13.8 Å². The molecule has 0 aromatic heterocycles. The lowest BCUT2D eigenvalue weighted by molar-refractivity contribution is 0.627. The third-order valence-corrected chi connectivity index (χ3v) is 1.11. The van der Waals surface area contributed by atoms with Crippen LogP contribution in [-0.4, -0.2) is 11.9 Å². The molecule has 1 aliphatic rings. The molecule has 0 amide bonds. The molecule has 2 heteroatoms. The highest BCUT2D eigenvalue weighted by atomic mass is 15.0. The van der Waals surface area contributed by atoms with Crippen LogP contribution in [0.4, 0.5) is 0 Å². The number of allylic oxidation sites excluding steroid dienone is 3. The maximum atomic E-state index is 5.49. The normalized spacial score (nSPS) is 14.8. The highest BCUT2D eigenvalue weighted by Gasteiger charge is 1.86. The van der Waals surface area contributed by atoms with Crippen LogP contribution in [0.25, 0.3) is 0 Å². The Labute approximate surface area is 68.7 Å². The Balaban J connectivity index is 0.000000461. The van der Waals surface area contributed by atoms with Gasteiger partial charge in [-0.3, -0.25) is 0 Å². The molecule has 1 rings (SSSR count). The maximum absolute atomic E-state index is 5.49. The Morgan fingerprint density at radius 3 is 2.55 bits per heavy atom. The monoisotopic (exact) mass is 152 g/mol. The molecule has 11 heavy (non-hydrogen) atoms. The lowest BCUT2D eigenvalue weighted by Gasteiger charge is -2.02. The van der Waals surface area contributed by atoms with Gasteiger partial charge in [0.25, 0.3) is 0 Å². The minimum absolute atomic E-state index is 0.788. The van der Waals surface area contributed by atoms with Crippen LogP contribution in [0, 0.1) is 0 Å². The van der Waals surface area contributed by atoms with Gasteiger partial charge in [-0.2, -0.15) is 0 Å². The van der Waals surface area contributed by atoms with Crippen LogP contribution in [0.3, 0.4) is 0 Å². The molecule has 1 heterocycles. The molecule has 0 saturated heterocycles. The van der Waals surface area contributed by atoms with Gasteiger partial charge in [-0.05, 0) is 18.2 Å². The van der Waals surface area contributed by atoms with Crippen molar-refractivity contribution in [2.75, 3.05) is 7.05 Å². The van der Waals surface area contributed by atoms with Gasteiger partial charge in [0.15, 0.2) is 0 Å². The SMILES string of the molecule is CC.CN1C=CC=C(N)C=C1. The van der Waals surface area contributed by atoms with E-state index < -0.39 is 0 Å². The molecule has 0 radical (unpaired) electrons. The summed E-state index contributed by atoms with van der Waals surface area (Å²) in [4.78, 5) is 1.94. The fourth-order valence-corrected chi connectivity index (χ4v) is 0.599. The number of hydrogen-bond acceptors (Lipinski definition) is 2. The smallest absolute Gasteiger partial charge is 0.0329 e. The van der Waals surface area contributed by atoms with Crippen LogP contribution in [0.5, 0.6) is 0 Å². The Bertz CT molecular complexity index is 178. The van der Waals surface area contributed by atoms with Gasteiger partial charge in [0.1, 0.15) is 0 Å². The summed E-state index contributed by atoms with van der Waals surface area (Å²) in [5, 5.41) is 0. The summed E-state index contributed by atoms with van der Waals surface area (Å²) in [6.45, 7) is 4.00. The molecule has 0 saturated carbocycles. The van der Waals surface area contributed by atoms with Gasteiger partial charge >= 0.3 is 0 Å². The van der Waals surface area contributed by atoms with Crippen molar-refractivity contribution >= 4 is 0 Å². The van der Waals surface area contributed by atoms with E-state index in [2.05, 4.69) is 0 Å². The van der Waals surface area contributed by atoms with E-state index in [1.165, 1.54) is 0 Å². The Morgan fingerprint density at radius 1 is 1.27 bits per heavy atom. The predicted molar refractivity (Wildman–Crippen MR) is 49.7 cm³/mol. The van der Waals surface area contributed by atoms with Gasteiger partial charge in [0.2, 0.25) is 0 Å². The highest BCUT2D eigenvalue weighted by molar-refractivity contribution is 5.23. The van der Waals surface area contributed by atoms with Gasteiger partial charge in [-0.25, -0.2) is 0 Å². The number of nitrogens with zero attached hydrogens (tertiary/aromatic N) is 1. The Hall–Kier alpha value is -1.18. The molecule has 0 unspecified atom stereocenters. The summed E-state index contributed by atoms with van der Waals surface area (Å²) in [6, 6.07) is 0. The molecule has 0 aliphatic carbocycles. The molecule has 2 N–H and O–H groups in total. The van der Waals surface area contributed by atoms with E-state index >= 15 is 0 Å². The zero-order valence-electron chi connectivity index (χ0n) is 7.41. The standard InChI is InChI=1S/C7H10N2.C2H6/c1-9-5-2-3-7(8)4-6-9;1-2/h2-6H,8H2,1H3;1-2H3. The summed E-state index contributed by atoms with van der Waals surface area (Å²) >= 11 is 0. The summed E-state index contributed by atoms with van der Waals surface area (Å²) < 4.78 is 0. The first-order valence-corrected chi connectivity index (χ1v) is 3.83. The van der Waals surface area contributed by atoms with Gasteiger partial charge in [-0.1, -0.05) is 13.8 Å². The summed E-state index contributed by atoms with van der Waals surface area (Å²) in [7, 11) is 1.96. The zero-order chi connectivity index (χ0) is 8.69.